The van der Waals surface area contributed by atoms with Crippen molar-refractivity contribution in [2.24, 2.45) is 14.1 Å². The maximum atomic E-state index is 12.7. The van der Waals surface area contributed by atoms with Crippen LogP contribution < -0.4 is 21.5 Å². The van der Waals surface area contributed by atoms with Gasteiger partial charge >= 0.3 is 5.69 Å². The summed E-state index contributed by atoms with van der Waals surface area (Å²) in [6, 6.07) is 8.66. The summed E-state index contributed by atoms with van der Waals surface area (Å²) in [7, 11) is 2.89. The minimum Gasteiger partial charge on any atom is -0.459 e. The highest BCUT2D eigenvalue weighted by Crippen LogP contribution is 2.32. The van der Waals surface area contributed by atoms with Gasteiger partial charge < -0.3 is 19.2 Å². The zero-order chi connectivity index (χ0) is 23.3. The van der Waals surface area contributed by atoms with Crippen molar-refractivity contribution in [1.29, 1.82) is 0 Å². The Hall–Kier alpha value is -4.41. The Balaban J connectivity index is 1.39. The van der Waals surface area contributed by atoms with Crippen LogP contribution in [0, 0.1) is 0 Å². The summed E-state index contributed by atoms with van der Waals surface area (Å²) in [5.41, 5.74) is 1.59. The van der Waals surface area contributed by atoms with Gasteiger partial charge in [0.15, 0.2) is 16.9 Å². The average molecular weight is 448 g/mol. The summed E-state index contributed by atoms with van der Waals surface area (Å²) in [5, 5.41) is 2.80. The van der Waals surface area contributed by atoms with Crippen molar-refractivity contribution in [2.45, 2.75) is 13.0 Å². The molecule has 168 valence electrons. The number of hydrogen-bond donors (Lipinski definition) is 1. The molecule has 1 aliphatic heterocycles. The fourth-order valence-electron chi connectivity index (χ4n) is 4.07. The number of imidazole rings is 1. The zero-order valence-electron chi connectivity index (χ0n) is 17.9. The van der Waals surface area contributed by atoms with Gasteiger partial charge in [-0.15, -0.1) is 0 Å². The Morgan fingerprint density at radius 2 is 1.97 bits per heavy atom. The number of nitrogens with zero attached hydrogens (tertiary/aromatic N) is 5. The lowest BCUT2D eigenvalue weighted by Crippen LogP contribution is -2.37. The average Bonchev–Trinajstić information content (AvgIpc) is 3.55. The SMILES string of the molecule is Cn1c(=O)c2c(ncn2CC(=O)Nc2ccc3c(c2)N(C(=O)c2ccco2)CC3)n(C)c1=O. The molecule has 1 aromatic carbocycles. The number of rotatable bonds is 4. The van der Waals surface area contributed by atoms with E-state index in [0.717, 1.165) is 10.1 Å². The quantitative estimate of drug-likeness (QED) is 0.494. The lowest BCUT2D eigenvalue weighted by molar-refractivity contribution is -0.116. The monoisotopic (exact) mass is 448 g/mol. The molecule has 0 bridgehead atoms. The lowest BCUT2D eigenvalue weighted by atomic mass is 10.1. The largest absolute Gasteiger partial charge is 0.459 e. The van der Waals surface area contributed by atoms with Crippen molar-refractivity contribution in [1.82, 2.24) is 18.7 Å². The molecule has 3 aromatic heterocycles. The number of fused-ring (bicyclic) bond motifs is 2. The molecule has 0 radical (unpaired) electrons. The number of aromatic nitrogens is 4. The smallest absolute Gasteiger partial charge is 0.332 e. The van der Waals surface area contributed by atoms with E-state index in [2.05, 4.69) is 10.3 Å². The number of amides is 2. The lowest BCUT2D eigenvalue weighted by Gasteiger charge is -2.17. The van der Waals surface area contributed by atoms with Crippen molar-refractivity contribution >= 4 is 34.4 Å². The Kier molecular flexibility index (Phi) is 4.73. The molecule has 11 heteroatoms. The highest BCUT2D eigenvalue weighted by Gasteiger charge is 2.27. The minimum absolute atomic E-state index is 0.166. The van der Waals surface area contributed by atoms with Crippen LogP contribution in [-0.2, 0) is 31.9 Å². The first kappa shape index (κ1) is 20.5. The van der Waals surface area contributed by atoms with Crippen molar-refractivity contribution in [3.05, 3.63) is 75.1 Å². The maximum absolute atomic E-state index is 12.7. The van der Waals surface area contributed by atoms with Crippen LogP contribution in [0.25, 0.3) is 11.2 Å². The first-order valence-electron chi connectivity index (χ1n) is 10.2. The van der Waals surface area contributed by atoms with Crippen LogP contribution in [0.3, 0.4) is 0 Å². The summed E-state index contributed by atoms with van der Waals surface area (Å²) in [4.78, 5) is 55.9. The van der Waals surface area contributed by atoms with E-state index in [1.807, 2.05) is 6.07 Å². The van der Waals surface area contributed by atoms with Gasteiger partial charge in [-0.25, -0.2) is 9.78 Å². The van der Waals surface area contributed by atoms with E-state index in [1.165, 1.54) is 35.8 Å². The first-order chi connectivity index (χ1) is 15.8. The number of benzene rings is 1. The third-order valence-corrected chi connectivity index (χ3v) is 5.77. The standard InChI is InChI=1S/C22H20N6O5/c1-25-19-18(21(31)26(2)22(25)32)27(12-23-19)11-17(29)24-14-6-5-13-7-8-28(15(13)10-14)20(30)16-4-3-9-33-16/h3-6,9-10,12H,7-8,11H2,1-2H3,(H,24,29). The molecule has 0 spiro atoms. The Labute approximate surface area is 186 Å². The van der Waals surface area contributed by atoms with Crippen LogP contribution in [0.4, 0.5) is 11.4 Å². The van der Waals surface area contributed by atoms with Crippen LogP contribution >= 0.6 is 0 Å². The number of carbonyl (C=O) groups is 2. The summed E-state index contributed by atoms with van der Waals surface area (Å²) in [6.07, 6.45) is 3.52. The van der Waals surface area contributed by atoms with E-state index in [9.17, 15) is 19.2 Å². The van der Waals surface area contributed by atoms with Gasteiger partial charge in [0.1, 0.15) is 6.54 Å². The molecular formula is C22H20N6O5. The molecule has 4 heterocycles. The second kappa shape index (κ2) is 7.62. The first-order valence-corrected chi connectivity index (χ1v) is 10.2. The van der Waals surface area contributed by atoms with Crippen molar-refractivity contribution in [3.63, 3.8) is 0 Å². The van der Waals surface area contributed by atoms with E-state index < -0.39 is 11.2 Å². The molecule has 2 amide bonds. The highest BCUT2D eigenvalue weighted by molar-refractivity contribution is 6.06. The zero-order valence-corrected chi connectivity index (χ0v) is 17.9. The van der Waals surface area contributed by atoms with Gasteiger partial charge in [0.05, 0.1) is 12.6 Å². The fraction of sp³-hybridized carbons (Fsp3) is 0.227. The van der Waals surface area contributed by atoms with Crippen LogP contribution in [0.15, 0.2) is 56.9 Å². The summed E-state index contributed by atoms with van der Waals surface area (Å²) < 4.78 is 8.87. The van der Waals surface area contributed by atoms with Gasteiger partial charge in [0.2, 0.25) is 5.91 Å². The third-order valence-electron chi connectivity index (χ3n) is 5.77. The van der Waals surface area contributed by atoms with Crippen LogP contribution in [-0.4, -0.2) is 37.0 Å². The number of carbonyl (C=O) groups excluding carboxylic acids is 2. The fourth-order valence-corrected chi connectivity index (χ4v) is 4.07. The van der Waals surface area contributed by atoms with Crippen molar-refractivity contribution in [3.8, 4) is 0 Å². The van der Waals surface area contributed by atoms with E-state index in [-0.39, 0.29) is 35.3 Å². The van der Waals surface area contributed by atoms with Gasteiger partial charge in [0.25, 0.3) is 11.5 Å². The molecule has 0 saturated carbocycles. The number of anilines is 2. The molecule has 0 aliphatic carbocycles. The van der Waals surface area contributed by atoms with Gasteiger partial charge in [-0.2, -0.15) is 0 Å². The molecule has 1 aliphatic rings. The summed E-state index contributed by atoms with van der Waals surface area (Å²) >= 11 is 0. The van der Waals surface area contributed by atoms with Gasteiger partial charge in [0, 0.05) is 32.0 Å². The van der Waals surface area contributed by atoms with E-state index >= 15 is 0 Å². The molecule has 0 unspecified atom stereocenters. The van der Waals surface area contributed by atoms with Crippen molar-refractivity contribution < 1.29 is 14.0 Å². The predicted molar refractivity (Wildman–Crippen MR) is 119 cm³/mol. The molecule has 0 saturated heterocycles. The van der Waals surface area contributed by atoms with Gasteiger partial charge in [-0.3, -0.25) is 23.5 Å². The molecular weight excluding hydrogens is 428 g/mol. The highest BCUT2D eigenvalue weighted by atomic mass is 16.3. The van der Waals surface area contributed by atoms with E-state index in [0.29, 0.717) is 24.3 Å². The molecule has 5 rings (SSSR count). The molecule has 0 fully saturated rings. The normalized spacial score (nSPS) is 12.8. The molecule has 11 nitrogen and oxygen atoms in total. The Morgan fingerprint density at radius 3 is 2.73 bits per heavy atom. The maximum Gasteiger partial charge on any atom is 0.332 e. The molecule has 0 atom stereocenters. The second-order valence-electron chi connectivity index (χ2n) is 7.83. The van der Waals surface area contributed by atoms with Crippen LogP contribution in [0.2, 0.25) is 0 Å². The van der Waals surface area contributed by atoms with Crippen LogP contribution in [0.5, 0.6) is 0 Å². The Morgan fingerprint density at radius 1 is 1.15 bits per heavy atom. The van der Waals surface area contributed by atoms with Crippen LogP contribution in [0.1, 0.15) is 16.1 Å². The molecule has 4 aromatic rings. The summed E-state index contributed by atoms with van der Waals surface area (Å²) in [6.45, 7) is 0.353. The number of aryl methyl sites for hydroxylation is 1. The second-order valence-corrected chi connectivity index (χ2v) is 7.83. The minimum atomic E-state index is -0.525. The number of furan rings is 1. The third kappa shape index (κ3) is 3.34. The van der Waals surface area contributed by atoms with E-state index in [1.54, 1.807) is 29.2 Å². The molecule has 33 heavy (non-hydrogen) atoms. The van der Waals surface area contributed by atoms with Crippen molar-refractivity contribution in [2.75, 3.05) is 16.8 Å². The topological polar surface area (TPSA) is 124 Å². The van der Waals surface area contributed by atoms with Gasteiger partial charge in [-0.1, -0.05) is 6.07 Å². The Bertz CT molecular complexity index is 1530. The van der Waals surface area contributed by atoms with Gasteiger partial charge in [-0.05, 0) is 36.2 Å². The van der Waals surface area contributed by atoms with E-state index in [4.69, 9.17) is 4.42 Å². The molecule has 1 N–H and O–H groups in total. The number of hydrogen-bond acceptors (Lipinski definition) is 6. The number of nitrogens with one attached hydrogen (secondary N) is 1. The summed E-state index contributed by atoms with van der Waals surface area (Å²) in [5.74, 6) is -0.374. The predicted octanol–water partition coefficient (Wildman–Crippen LogP) is 0.868.